The monoisotopic (exact) mass is 390 g/mol. The lowest BCUT2D eigenvalue weighted by Gasteiger charge is -2.20. The molecule has 1 heterocycles. The number of hydrogen-bond acceptors (Lipinski definition) is 7. The largest absolute Gasteiger partial charge is 0.497 e. The molecule has 1 saturated heterocycles. The van der Waals surface area contributed by atoms with Crippen LogP contribution >= 0.6 is 0 Å². The fourth-order valence-electron chi connectivity index (χ4n) is 3.22. The number of urea groups is 1. The zero-order valence-electron chi connectivity index (χ0n) is 15.9. The molecule has 2 fully saturated rings. The van der Waals surface area contributed by atoms with Crippen LogP contribution in [0.1, 0.15) is 30.1 Å². The summed E-state index contributed by atoms with van der Waals surface area (Å²) in [4.78, 5) is 49.8. The lowest BCUT2D eigenvalue weighted by Crippen LogP contribution is -2.46. The number of hydrogen-bond donors (Lipinski definition) is 1. The van der Waals surface area contributed by atoms with Gasteiger partial charge in [-0.25, -0.2) is 4.79 Å². The molecule has 1 atom stereocenters. The second-order valence-corrected chi connectivity index (χ2v) is 6.95. The van der Waals surface area contributed by atoms with Crippen molar-refractivity contribution in [3.63, 3.8) is 0 Å². The molecule has 0 unspecified atom stereocenters. The molecule has 9 heteroatoms. The first kappa shape index (κ1) is 19.7. The SMILES string of the molecule is COc1ccc(C(=O)COC(=O)CN2C(=O)N[C@](C)(C3CC3)C2=O)c(OC)c1. The van der Waals surface area contributed by atoms with Gasteiger partial charge in [-0.3, -0.25) is 19.3 Å². The summed E-state index contributed by atoms with van der Waals surface area (Å²) in [7, 11) is 2.90. The Labute approximate surface area is 161 Å². The summed E-state index contributed by atoms with van der Waals surface area (Å²) in [6, 6.07) is 4.01. The maximum atomic E-state index is 12.5. The van der Waals surface area contributed by atoms with E-state index in [4.69, 9.17) is 14.2 Å². The quantitative estimate of drug-likeness (QED) is 0.403. The molecule has 1 aliphatic heterocycles. The summed E-state index contributed by atoms with van der Waals surface area (Å²) in [5.74, 6) is -0.871. The number of imide groups is 1. The van der Waals surface area contributed by atoms with Crippen molar-refractivity contribution in [3.05, 3.63) is 23.8 Å². The molecule has 0 bridgehead atoms. The second-order valence-electron chi connectivity index (χ2n) is 6.95. The summed E-state index contributed by atoms with van der Waals surface area (Å²) in [6.07, 6.45) is 1.72. The number of Topliss-reactive ketones (excluding diaryl/α,β-unsaturated/α-hetero) is 1. The van der Waals surface area contributed by atoms with E-state index in [9.17, 15) is 19.2 Å². The third-order valence-corrected chi connectivity index (χ3v) is 5.06. The number of carbonyl (C=O) groups is 4. The molecule has 0 aromatic heterocycles. The van der Waals surface area contributed by atoms with Gasteiger partial charge in [-0.2, -0.15) is 0 Å². The van der Waals surface area contributed by atoms with Crippen LogP contribution in [0.2, 0.25) is 0 Å². The first-order valence-electron chi connectivity index (χ1n) is 8.85. The van der Waals surface area contributed by atoms with Gasteiger partial charge in [-0.15, -0.1) is 0 Å². The lowest BCUT2D eigenvalue weighted by molar-refractivity contribution is -0.146. The van der Waals surface area contributed by atoms with Crippen molar-refractivity contribution in [1.82, 2.24) is 10.2 Å². The molecule has 28 heavy (non-hydrogen) atoms. The van der Waals surface area contributed by atoms with E-state index in [1.165, 1.54) is 20.3 Å². The van der Waals surface area contributed by atoms with Crippen molar-refractivity contribution in [2.45, 2.75) is 25.3 Å². The van der Waals surface area contributed by atoms with Crippen molar-refractivity contribution in [3.8, 4) is 11.5 Å². The number of methoxy groups -OCH3 is 2. The van der Waals surface area contributed by atoms with Crippen molar-refractivity contribution in [2.24, 2.45) is 5.92 Å². The van der Waals surface area contributed by atoms with Crippen molar-refractivity contribution < 1.29 is 33.4 Å². The van der Waals surface area contributed by atoms with E-state index in [0.29, 0.717) is 5.75 Å². The van der Waals surface area contributed by atoms with E-state index in [1.807, 2.05) is 0 Å². The highest BCUT2D eigenvalue weighted by Crippen LogP contribution is 2.42. The molecule has 150 valence electrons. The highest BCUT2D eigenvalue weighted by molar-refractivity contribution is 6.09. The Morgan fingerprint density at radius 1 is 1.21 bits per heavy atom. The Morgan fingerprint density at radius 2 is 1.93 bits per heavy atom. The Bertz CT molecular complexity index is 834. The highest BCUT2D eigenvalue weighted by Gasteiger charge is 2.56. The number of nitrogens with zero attached hydrogens (tertiary/aromatic N) is 1. The number of ether oxygens (including phenoxy) is 3. The first-order chi connectivity index (χ1) is 13.3. The van der Waals surface area contributed by atoms with Gasteiger partial charge in [0, 0.05) is 6.07 Å². The Morgan fingerprint density at radius 3 is 2.54 bits per heavy atom. The van der Waals surface area contributed by atoms with E-state index in [-0.39, 0.29) is 17.2 Å². The summed E-state index contributed by atoms with van der Waals surface area (Å²) in [6.45, 7) is 0.584. The zero-order chi connectivity index (χ0) is 20.5. The third-order valence-electron chi connectivity index (χ3n) is 5.06. The van der Waals surface area contributed by atoms with E-state index in [1.54, 1.807) is 19.1 Å². The zero-order valence-corrected chi connectivity index (χ0v) is 15.9. The van der Waals surface area contributed by atoms with E-state index >= 15 is 0 Å². The summed E-state index contributed by atoms with van der Waals surface area (Å²) in [5, 5.41) is 2.65. The summed E-state index contributed by atoms with van der Waals surface area (Å²) in [5.41, 5.74) is -0.740. The van der Waals surface area contributed by atoms with Gasteiger partial charge in [0.05, 0.1) is 19.8 Å². The molecule has 3 amide bonds. The number of ketones is 1. The van der Waals surface area contributed by atoms with Gasteiger partial charge >= 0.3 is 12.0 Å². The maximum Gasteiger partial charge on any atom is 0.326 e. The predicted octanol–water partition coefficient (Wildman–Crippen LogP) is 1.15. The van der Waals surface area contributed by atoms with E-state index in [2.05, 4.69) is 5.32 Å². The fraction of sp³-hybridized carbons (Fsp3) is 0.474. The number of nitrogens with one attached hydrogen (secondary N) is 1. The van der Waals surface area contributed by atoms with Crippen LogP contribution in [-0.4, -0.2) is 61.5 Å². The van der Waals surface area contributed by atoms with Gasteiger partial charge in [0.1, 0.15) is 23.6 Å². The molecule has 1 aliphatic carbocycles. The van der Waals surface area contributed by atoms with Crippen LogP contribution in [-0.2, 0) is 14.3 Å². The molecule has 1 aromatic carbocycles. The highest BCUT2D eigenvalue weighted by atomic mass is 16.5. The van der Waals surface area contributed by atoms with E-state index in [0.717, 1.165) is 17.7 Å². The van der Waals surface area contributed by atoms with Gasteiger partial charge in [-0.05, 0) is 37.8 Å². The Balaban J connectivity index is 1.58. The van der Waals surface area contributed by atoms with Crippen LogP contribution in [0.5, 0.6) is 11.5 Å². The van der Waals surface area contributed by atoms with Gasteiger partial charge in [0.2, 0.25) is 5.78 Å². The third kappa shape index (κ3) is 3.64. The Hall–Kier alpha value is -3.10. The molecule has 0 radical (unpaired) electrons. The standard InChI is InChI=1S/C19H22N2O7/c1-19(11-4-5-11)17(24)21(18(25)20-19)9-16(23)28-10-14(22)13-7-6-12(26-2)8-15(13)27-3/h6-8,11H,4-5,9-10H2,1-3H3,(H,20,25)/t19-/m1/s1. The van der Waals surface area contributed by atoms with Crippen molar-refractivity contribution in [2.75, 3.05) is 27.4 Å². The average molecular weight is 390 g/mol. The summed E-state index contributed by atoms with van der Waals surface area (Å²) < 4.78 is 15.2. The molecule has 0 spiro atoms. The van der Waals surface area contributed by atoms with Crippen LogP contribution in [0.3, 0.4) is 0 Å². The normalized spacial score (nSPS) is 21.3. The number of amides is 3. The molecular weight excluding hydrogens is 368 g/mol. The van der Waals surface area contributed by atoms with Crippen molar-refractivity contribution >= 4 is 23.7 Å². The van der Waals surface area contributed by atoms with Crippen LogP contribution in [0.4, 0.5) is 4.79 Å². The van der Waals surface area contributed by atoms with Crippen LogP contribution in [0, 0.1) is 5.92 Å². The smallest absolute Gasteiger partial charge is 0.326 e. The minimum atomic E-state index is -0.969. The molecule has 3 rings (SSSR count). The molecule has 1 N–H and O–H groups in total. The molecule has 1 aromatic rings. The van der Waals surface area contributed by atoms with Crippen LogP contribution < -0.4 is 14.8 Å². The molecule has 2 aliphatic rings. The van der Waals surface area contributed by atoms with Crippen molar-refractivity contribution in [1.29, 1.82) is 0 Å². The van der Waals surface area contributed by atoms with E-state index < -0.39 is 42.4 Å². The van der Waals surface area contributed by atoms with Crippen LogP contribution in [0.15, 0.2) is 18.2 Å². The second kappa shape index (κ2) is 7.49. The first-order valence-corrected chi connectivity index (χ1v) is 8.85. The summed E-state index contributed by atoms with van der Waals surface area (Å²) >= 11 is 0. The minimum Gasteiger partial charge on any atom is -0.497 e. The van der Waals surface area contributed by atoms with Gasteiger partial charge in [0.15, 0.2) is 6.61 Å². The minimum absolute atomic E-state index is 0.0917. The van der Waals surface area contributed by atoms with Crippen LogP contribution in [0.25, 0.3) is 0 Å². The number of esters is 1. The lowest BCUT2D eigenvalue weighted by atomic mass is 9.96. The van der Waals surface area contributed by atoms with Gasteiger partial charge < -0.3 is 19.5 Å². The molecule has 9 nitrogen and oxygen atoms in total. The average Bonchev–Trinajstić information content (AvgIpc) is 3.51. The van der Waals surface area contributed by atoms with Gasteiger partial charge in [-0.1, -0.05) is 0 Å². The Kier molecular flexibility index (Phi) is 5.26. The molecule has 1 saturated carbocycles. The number of benzene rings is 1. The number of carbonyl (C=O) groups excluding carboxylic acids is 4. The predicted molar refractivity (Wildman–Crippen MR) is 96.2 cm³/mol. The number of rotatable bonds is 8. The topological polar surface area (TPSA) is 111 Å². The molecular formula is C19H22N2O7. The maximum absolute atomic E-state index is 12.5. The fourth-order valence-corrected chi connectivity index (χ4v) is 3.22. The van der Waals surface area contributed by atoms with Gasteiger partial charge in [0.25, 0.3) is 5.91 Å².